The van der Waals surface area contributed by atoms with E-state index in [-0.39, 0.29) is 5.41 Å². The van der Waals surface area contributed by atoms with Crippen LogP contribution in [0.2, 0.25) is 0 Å². The summed E-state index contributed by atoms with van der Waals surface area (Å²) in [6, 6.07) is 19.7. The van der Waals surface area contributed by atoms with Crippen LogP contribution >= 0.6 is 0 Å². The van der Waals surface area contributed by atoms with Crippen LogP contribution in [0.1, 0.15) is 26.3 Å². The SMILES string of the molecule is COc1c(-c2ccc3ccccc3c2)cc(-n2ccc(=O)[nH]c2=O)cc1C(C)(C)C. The predicted molar refractivity (Wildman–Crippen MR) is 121 cm³/mol. The van der Waals surface area contributed by atoms with Crippen molar-refractivity contribution in [1.29, 1.82) is 0 Å². The molecule has 5 nitrogen and oxygen atoms in total. The summed E-state index contributed by atoms with van der Waals surface area (Å²) in [5.41, 5.74) is 2.42. The molecule has 4 aromatic rings. The van der Waals surface area contributed by atoms with Crippen molar-refractivity contribution in [1.82, 2.24) is 9.55 Å². The van der Waals surface area contributed by atoms with Gasteiger partial charge in [0, 0.05) is 23.4 Å². The fourth-order valence-electron chi connectivity index (χ4n) is 3.72. The normalized spacial score (nSPS) is 11.6. The van der Waals surface area contributed by atoms with Gasteiger partial charge in [0.2, 0.25) is 0 Å². The van der Waals surface area contributed by atoms with Crippen LogP contribution in [-0.2, 0) is 5.41 Å². The molecule has 0 unspecified atom stereocenters. The molecule has 5 heteroatoms. The van der Waals surface area contributed by atoms with Crippen LogP contribution in [0.4, 0.5) is 0 Å². The highest BCUT2D eigenvalue weighted by atomic mass is 16.5. The molecular weight excluding hydrogens is 376 g/mol. The first-order chi connectivity index (χ1) is 14.3. The molecule has 0 atom stereocenters. The molecule has 1 N–H and O–H groups in total. The van der Waals surface area contributed by atoms with Crippen LogP contribution in [0.5, 0.6) is 5.75 Å². The lowest BCUT2D eigenvalue weighted by molar-refractivity contribution is 0.399. The van der Waals surface area contributed by atoms with E-state index in [1.54, 1.807) is 7.11 Å². The number of nitrogens with zero attached hydrogens (tertiary/aromatic N) is 1. The number of ether oxygens (including phenoxy) is 1. The molecule has 0 aliphatic heterocycles. The molecule has 0 aliphatic rings. The summed E-state index contributed by atoms with van der Waals surface area (Å²) in [4.78, 5) is 26.3. The first kappa shape index (κ1) is 19.7. The van der Waals surface area contributed by atoms with E-state index in [0.717, 1.165) is 33.2 Å². The van der Waals surface area contributed by atoms with Crippen LogP contribution in [0.15, 0.2) is 76.4 Å². The van der Waals surface area contributed by atoms with Gasteiger partial charge in [-0.15, -0.1) is 0 Å². The number of hydrogen-bond donors (Lipinski definition) is 1. The molecule has 0 saturated carbocycles. The first-order valence-corrected chi connectivity index (χ1v) is 9.82. The van der Waals surface area contributed by atoms with Gasteiger partial charge in [-0.2, -0.15) is 0 Å². The fraction of sp³-hybridized carbons (Fsp3) is 0.200. The van der Waals surface area contributed by atoms with E-state index in [0.29, 0.717) is 5.69 Å². The molecule has 3 aromatic carbocycles. The quantitative estimate of drug-likeness (QED) is 0.544. The second-order valence-electron chi connectivity index (χ2n) is 8.37. The molecule has 152 valence electrons. The maximum Gasteiger partial charge on any atom is 0.332 e. The van der Waals surface area contributed by atoms with Gasteiger partial charge in [-0.05, 0) is 39.9 Å². The zero-order valence-corrected chi connectivity index (χ0v) is 17.5. The van der Waals surface area contributed by atoms with Crippen molar-refractivity contribution in [2.45, 2.75) is 26.2 Å². The number of aromatic nitrogens is 2. The Morgan fingerprint density at radius 2 is 1.63 bits per heavy atom. The van der Waals surface area contributed by atoms with Crippen LogP contribution in [-0.4, -0.2) is 16.7 Å². The van der Waals surface area contributed by atoms with Crippen LogP contribution in [0, 0.1) is 0 Å². The largest absolute Gasteiger partial charge is 0.496 e. The summed E-state index contributed by atoms with van der Waals surface area (Å²) in [6.45, 7) is 6.32. The highest BCUT2D eigenvalue weighted by Crippen LogP contribution is 2.41. The third kappa shape index (κ3) is 3.54. The van der Waals surface area contributed by atoms with Gasteiger partial charge in [-0.1, -0.05) is 57.2 Å². The highest BCUT2D eigenvalue weighted by molar-refractivity contribution is 5.89. The molecule has 0 fully saturated rings. The molecule has 0 bridgehead atoms. The standard InChI is InChI=1S/C25H24N2O3/c1-25(2,3)21-15-19(27-12-11-22(28)26-24(27)29)14-20(23(21)30-4)18-10-9-16-7-5-6-8-17(16)13-18/h5-15H,1-4H3,(H,26,28,29). The number of methoxy groups -OCH3 is 1. The summed E-state index contributed by atoms with van der Waals surface area (Å²) in [5.74, 6) is 0.777. The maximum absolute atomic E-state index is 12.5. The molecule has 0 radical (unpaired) electrons. The zero-order valence-electron chi connectivity index (χ0n) is 17.5. The van der Waals surface area contributed by atoms with Gasteiger partial charge < -0.3 is 4.74 Å². The van der Waals surface area contributed by atoms with Gasteiger partial charge >= 0.3 is 5.69 Å². The second kappa shape index (κ2) is 7.34. The third-order valence-corrected chi connectivity index (χ3v) is 5.25. The van der Waals surface area contributed by atoms with Gasteiger partial charge in [0.05, 0.1) is 12.8 Å². The molecule has 0 saturated heterocycles. The van der Waals surface area contributed by atoms with E-state index in [1.165, 1.54) is 16.8 Å². The summed E-state index contributed by atoms with van der Waals surface area (Å²) in [6.07, 6.45) is 1.50. The minimum Gasteiger partial charge on any atom is -0.496 e. The van der Waals surface area contributed by atoms with E-state index in [2.05, 4.69) is 56.1 Å². The fourth-order valence-corrected chi connectivity index (χ4v) is 3.72. The number of benzene rings is 3. The van der Waals surface area contributed by atoms with Gasteiger partial charge in [0.15, 0.2) is 0 Å². The lowest BCUT2D eigenvalue weighted by atomic mass is 9.83. The highest BCUT2D eigenvalue weighted by Gasteiger charge is 2.24. The lowest BCUT2D eigenvalue weighted by Gasteiger charge is -2.25. The monoisotopic (exact) mass is 400 g/mol. The summed E-state index contributed by atoms with van der Waals surface area (Å²) < 4.78 is 7.31. The molecule has 0 aliphatic carbocycles. The van der Waals surface area contributed by atoms with E-state index in [4.69, 9.17) is 4.74 Å². The Balaban J connectivity index is 2.04. The summed E-state index contributed by atoms with van der Waals surface area (Å²) in [7, 11) is 1.67. The summed E-state index contributed by atoms with van der Waals surface area (Å²) in [5, 5.41) is 2.28. The van der Waals surface area contributed by atoms with Crippen LogP contribution in [0.25, 0.3) is 27.6 Å². The maximum atomic E-state index is 12.5. The number of fused-ring (bicyclic) bond motifs is 1. The Morgan fingerprint density at radius 3 is 2.30 bits per heavy atom. The Labute approximate surface area is 174 Å². The van der Waals surface area contributed by atoms with Crippen molar-refractivity contribution in [2.24, 2.45) is 0 Å². The van der Waals surface area contributed by atoms with Crippen LogP contribution < -0.4 is 16.0 Å². The van der Waals surface area contributed by atoms with E-state index in [9.17, 15) is 9.59 Å². The minimum absolute atomic E-state index is 0.223. The van der Waals surface area contributed by atoms with Gasteiger partial charge in [0.1, 0.15) is 5.75 Å². The topological polar surface area (TPSA) is 64.1 Å². The predicted octanol–water partition coefficient (Wildman–Crippen LogP) is 4.65. The van der Waals surface area contributed by atoms with Crippen LogP contribution in [0.3, 0.4) is 0 Å². The average molecular weight is 400 g/mol. The van der Waals surface area contributed by atoms with E-state index < -0.39 is 11.2 Å². The Hall–Kier alpha value is -3.60. The number of rotatable bonds is 3. The van der Waals surface area contributed by atoms with E-state index in [1.807, 2.05) is 24.3 Å². The molecule has 0 amide bonds. The smallest absolute Gasteiger partial charge is 0.332 e. The minimum atomic E-state index is -0.475. The van der Waals surface area contributed by atoms with Crippen molar-refractivity contribution in [3.63, 3.8) is 0 Å². The second-order valence-corrected chi connectivity index (χ2v) is 8.37. The molecule has 1 aromatic heterocycles. The molecule has 1 heterocycles. The number of H-pyrrole nitrogens is 1. The molecule has 30 heavy (non-hydrogen) atoms. The number of hydrogen-bond acceptors (Lipinski definition) is 3. The Morgan fingerprint density at radius 1 is 0.900 bits per heavy atom. The van der Waals surface area contributed by atoms with Gasteiger partial charge in [0.25, 0.3) is 5.56 Å². The zero-order chi connectivity index (χ0) is 21.5. The number of nitrogens with one attached hydrogen (secondary N) is 1. The van der Waals surface area contributed by atoms with Crippen molar-refractivity contribution >= 4 is 10.8 Å². The third-order valence-electron chi connectivity index (χ3n) is 5.25. The van der Waals surface area contributed by atoms with Crippen molar-refractivity contribution < 1.29 is 4.74 Å². The molecule has 4 rings (SSSR count). The van der Waals surface area contributed by atoms with Crippen molar-refractivity contribution in [2.75, 3.05) is 7.11 Å². The summed E-state index contributed by atoms with van der Waals surface area (Å²) >= 11 is 0. The van der Waals surface area contributed by atoms with Gasteiger partial charge in [-0.3, -0.25) is 14.3 Å². The first-order valence-electron chi connectivity index (χ1n) is 9.82. The Kier molecular flexibility index (Phi) is 4.82. The average Bonchev–Trinajstić information content (AvgIpc) is 2.72. The Bertz CT molecular complexity index is 1360. The number of aromatic amines is 1. The molecule has 0 spiro atoms. The lowest BCUT2D eigenvalue weighted by Crippen LogP contribution is -2.27. The van der Waals surface area contributed by atoms with E-state index >= 15 is 0 Å². The van der Waals surface area contributed by atoms with Crippen molar-refractivity contribution in [3.05, 3.63) is 93.3 Å². The molecular formula is C25H24N2O3. The van der Waals surface area contributed by atoms with Gasteiger partial charge in [-0.25, -0.2) is 4.79 Å². The van der Waals surface area contributed by atoms with Crippen molar-refractivity contribution in [3.8, 4) is 22.6 Å².